The Bertz CT molecular complexity index is 2910. The summed E-state index contributed by atoms with van der Waals surface area (Å²) in [7, 11) is 0. The highest BCUT2D eigenvalue weighted by Gasteiger charge is 2.40. The summed E-state index contributed by atoms with van der Waals surface area (Å²) in [6.45, 7) is 9.48. The van der Waals surface area contributed by atoms with Crippen LogP contribution in [0.2, 0.25) is 0 Å². The lowest BCUT2D eigenvalue weighted by molar-refractivity contribution is 0.660. The van der Waals surface area contributed by atoms with Gasteiger partial charge in [-0.1, -0.05) is 167 Å². The summed E-state index contributed by atoms with van der Waals surface area (Å²) in [5.74, 6) is 0. The summed E-state index contributed by atoms with van der Waals surface area (Å²) in [6, 6.07) is 67.4. The van der Waals surface area contributed by atoms with Gasteiger partial charge in [0.1, 0.15) is 0 Å². The smallest absolute Gasteiger partial charge is 0.0619 e. The Labute approximate surface area is 328 Å². The number of nitrogens with zero attached hydrogens (tertiary/aromatic N) is 2. The zero-order valence-electron chi connectivity index (χ0n) is 32.2. The van der Waals surface area contributed by atoms with Crippen LogP contribution >= 0.6 is 0 Å². The van der Waals surface area contributed by atoms with Crippen molar-refractivity contribution >= 4 is 38.9 Å². The molecule has 11 rings (SSSR count). The van der Waals surface area contributed by atoms with E-state index in [1.54, 1.807) is 0 Å². The van der Waals surface area contributed by atoms with Crippen LogP contribution in [-0.4, -0.2) is 4.57 Å². The molecule has 0 N–H and O–H groups in total. The number of anilines is 3. The molecule has 0 bridgehead atoms. The van der Waals surface area contributed by atoms with Gasteiger partial charge >= 0.3 is 0 Å². The molecule has 1 heterocycles. The first-order valence-corrected chi connectivity index (χ1v) is 19.8. The van der Waals surface area contributed by atoms with Crippen LogP contribution in [0.15, 0.2) is 182 Å². The van der Waals surface area contributed by atoms with Crippen LogP contribution in [-0.2, 0) is 10.8 Å². The van der Waals surface area contributed by atoms with E-state index in [1.165, 1.54) is 88.8 Å². The van der Waals surface area contributed by atoms with Gasteiger partial charge in [-0.25, -0.2) is 0 Å². The second-order valence-electron chi connectivity index (χ2n) is 16.5. The lowest BCUT2D eigenvalue weighted by Gasteiger charge is -2.31. The molecule has 0 aliphatic heterocycles. The number of fused-ring (bicyclic) bond motifs is 9. The predicted octanol–water partition coefficient (Wildman–Crippen LogP) is 14.5. The maximum atomic E-state index is 2.54. The molecule has 9 aromatic rings. The maximum absolute atomic E-state index is 2.54. The van der Waals surface area contributed by atoms with Crippen molar-refractivity contribution < 1.29 is 0 Å². The van der Waals surface area contributed by atoms with Gasteiger partial charge in [-0.05, 0) is 81.4 Å². The number of hydrogen-bond donors (Lipinski definition) is 0. The highest BCUT2D eigenvalue weighted by atomic mass is 15.1. The van der Waals surface area contributed by atoms with Crippen molar-refractivity contribution in [2.45, 2.75) is 38.5 Å². The minimum absolute atomic E-state index is 0.111. The van der Waals surface area contributed by atoms with Gasteiger partial charge in [0, 0.05) is 49.7 Å². The molecule has 0 saturated heterocycles. The third-order valence-corrected chi connectivity index (χ3v) is 12.8. The fraction of sp³-hybridized carbons (Fsp3) is 0.111. The topological polar surface area (TPSA) is 8.17 Å². The van der Waals surface area contributed by atoms with Crippen molar-refractivity contribution in [3.05, 3.63) is 204 Å². The third-order valence-electron chi connectivity index (χ3n) is 12.8. The lowest BCUT2D eigenvalue weighted by Crippen LogP contribution is -2.17. The first kappa shape index (κ1) is 32.8. The van der Waals surface area contributed by atoms with Crippen LogP contribution in [0, 0.1) is 0 Å². The summed E-state index contributed by atoms with van der Waals surface area (Å²) in [5, 5.41) is 2.52. The molecule has 268 valence electrons. The molecule has 0 spiro atoms. The van der Waals surface area contributed by atoms with E-state index in [9.17, 15) is 0 Å². The Morgan fingerprint density at radius 2 is 0.875 bits per heavy atom. The molecular weight excluding hydrogens is 677 g/mol. The van der Waals surface area contributed by atoms with Crippen LogP contribution in [0.1, 0.15) is 49.9 Å². The summed E-state index contributed by atoms with van der Waals surface area (Å²) < 4.78 is 2.43. The minimum Gasteiger partial charge on any atom is -0.309 e. The Hall–Kier alpha value is -6.64. The van der Waals surface area contributed by atoms with E-state index < -0.39 is 0 Å². The molecule has 0 amide bonds. The number of benzene rings is 8. The van der Waals surface area contributed by atoms with E-state index in [-0.39, 0.29) is 10.8 Å². The van der Waals surface area contributed by atoms with Crippen LogP contribution in [0.3, 0.4) is 0 Å². The van der Waals surface area contributed by atoms with Gasteiger partial charge in [-0.3, -0.25) is 0 Å². The van der Waals surface area contributed by atoms with Crippen molar-refractivity contribution in [3.63, 3.8) is 0 Å². The molecule has 0 atom stereocenters. The quantitative estimate of drug-likeness (QED) is 0.172. The zero-order chi connectivity index (χ0) is 37.8. The molecule has 8 aromatic carbocycles. The first-order valence-electron chi connectivity index (χ1n) is 19.8. The lowest BCUT2D eigenvalue weighted by atomic mass is 9.82. The van der Waals surface area contributed by atoms with E-state index in [0.717, 1.165) is 11.4 Å². The molecule has 0 radical (unpaired) electrons. The number of aromatic nitrogens is 1. The average Bonchev–Trinajstić information content (AvgIpc) is 3.79. The molecule has 0 saturated carbocycles. The van der Waals surface area contributed by atoms with Crippen LogP contribution in [0.25, 0.3) is 60.9 Å². The molecule has 0 fully saturated rings. The SMILES string of the molecule is CC1(C)c2ccccc2-c2c(N(c3ccc(-c4cccc5c6ccccc6n(-c6ccccc6)c45)cc3)c3cccc4c3-c3ccccc3C4(C)C)cccc21. The summed E-state index contributed by atoms with van der Waals surface area (Å²) >= 11 is 0. The van der Waals surface area contributed by atoms with E-state index in [2.05, 4.69) is 219 Å². The molecular formula is C54H42N2. The van der Waals surface area contributed by atoms with Gasteiger partial charge in [0.25, 0.3) is 0 Å². The normalized spacial score (nSPS) is 14.4. The molecule has 2 nitrogen and oxygen atoms in total. The zero-order valence-corrected chi connectivity index (χ0v) is 32.2. The standard InChI is InChI=1S/C54H42N2/c1-53(2)43-24-11-8-20-41(43)50-45(53)26-15-29-48(50)55(49-30-16-27-46-51(49)42-21-9-12-25-44(42)54(46,3)4)37-33-31-35(32-34-37)38-22-14-23-40-39-19-10-13-28-47(39)56(52(38)40)36-17-6-5-7-18-36/h5-34H,1-4H3. The monoisotopic (exact) mass is 718 g/mol. The molecule has 56 heavy (non-hydrogen) atoms. The van der Waals surface area contributed by atoms with Crippen LogP contribution < -0.4 is 4.90 Å². The summed E-state index contributed by atoms with van der Waals surface area (Å²) in [6.07, 6.45) is 0. The molecule has 2 aliphatic rings. The fourth-order valence-corrected chi connectivity index (χ4v) is 10.1. The van der Waals surface area contributed by atoms with Gasteiger partial charge < -0.3 is 9.47 Å². The van der Waals surface area contributed by atoms with Crippen molar-refractivity contribution in [1.29, 1.82) is 0 Å². The van der Waals surface area contributed by atoms with Gasteiger partial charge in [-0.15, -0.1) is 0 Å². The van der Waals surface area contributed by atoms with E-state index in [4.69, 9.17) is 0 Å². The Morgan fingerprint density at radius 3 is 1.50 bits per heavy atom. The highest BCUT2D eigenvalue weighted by molar-refractivity contribution is 6.14. The number of para-hydroxylation sites is 3. The van der Waals surface area contributed by atoms with Crippen molar-refractivity contribution in [3.8, 4) is 39.1 Å². The highest BCUT2D eigenvalue weighted by Crippen LogP contribution is 2.58. The third kappa shape index (κ3) is 4.50. The average molecular weight is 719 g/mol. The van der Waals surface area contributed by atoms with Crippen LogP contribution in [0.4, 0.5) is 17.1 Å². The molecule has 2 aliphatic carbocycles. The molecule has 0 unspecified atom stereocenters. The second-order valence-corrected chi connectivity index (χ2v) is 16.5. The summed E-state index contributed by atoms with van der Waals surface area (Å²) in [5.41, 5.74) is 20.1. The Morgan fingerprint density at radius 1 is 0.393 bits per heavy atom. The first-order chi connectivity index (χ1) is 27.3. The Balaban J connectivity index is 1.15. The van der Waals surface area contributed by atoms with Gasteiger partial charge in [0.15, 0.2) is 0 Å². The number of hydrogen-bond acceptors (Lipinski definition) is 1. The maximum Gasteiger partial charge on any atom is 0.0619 e. The summed E-state index contributed by atoms with van der Waals surface area (Å²) in [4.78, 5) is 2.54. The van der Waals surface area contributed by atoms with Gasteiger partial charge in [-0.2, -0.15) is 0 Å². The van der Waals surface area contributed by atoms with E-state index >= 15 is 0 Å². The van der Waals surface area contributed by atoms with Crippen LogP contribution in [0.5, 0.6) is 0 Å². The molecule has 1 aromatic heterocycles. The molecule has 2 heteroatoms. The second kappa shape index (κ2) is 11.9. The fourth-order valence-electron chi connectivity index (χ4n) is 10.1. The van der Waals surface area contributed by atoms with Crippen molar-refractivity contribution in [2.75, 3.05) is 4.90 Å². The van der Waals surface area contributed by atoms with Gasteiger partial charge in [0.2, 0.25) is 0 Å². The van der Waals surface area contributed by atoms with Crippen molar-refractivity contribution in [2.24, 2.45) is 0 Å². The number of rotatable bonds is 5. The van der Waals surface area contributed by atoms with Crippen molar-refractivity contribution in [1.82, 2.24) is 4.57 Å². The Kier molecular flexibility index (Phi) is 6.98. The van der Waals surface area contributed by atoms with E-state index in [1.807, 2.05) is 0 Å². The minimum atomic E-state index is -0.111. The van der Waals surface area contributed by atoms with Gasteiger partial charge in [0.05, 0.1) is 22.4 Å². The largest absolute Gasteiger partial charge is 0.309 e. The van der Waals surface area contributed by atoms with E-state index in [0.29, 0.717) is 0 Å². The predicted molar refractivity (Wildman–Crippen MR) is 236 cm³/mol.